The van der Waals surface area contributed by atoms with E-state index in [4.69, 9.17) is 11.2 Å². The molecule has 0 aromatic heterocycles. The second-order valence-corrected chi connectivity index (χ2v) is 9.18. The van der Waals surface area contributed by atoms with Crippen LogP contribution in [0, 0.1) is 12.3 Å². The van der Waals surface area contributed by atoms with Crippen molar-refractivity contribution in [1.82, 2.24) is 0 Å². The van der Waals surface area contributed by atoms with E-state index >= 15 is 0 Å². The van der Waals surface area contributed by atoms with Crippen molar-refractivity contribution in [1.29, 1.82) is 0 Å². The molecule has 1 amide bonds. The lowest BCUT2D eigenvalue weighted by molar-refractivity contribution is 0.0636. The van der Waals surface area contributed by atoms with Gasteiger partial charge in [0.1, 0.15) is 5.60 Å². The van der Waals surface area contributed by atoms with Crippen LogP contribution < -0.4 is 10.2 Å². The Bertz CT molecular complexity index is 848. The second kappa shape index (κ2) is 9.05. The zero-order valence-corrected chi connectivity index (χ0v) is 18.4. The summed E-state index contributed by atoms with van der Waals surface area (Å²) in [6, 6.07) is 16.3. The number of rotatable bonds is 5. The normalized spacial score (nSPS) is 11.5. The first-order valence-corrected chi connectivity index (χ1v) is 9.86. The predicted octanol–water partition coefficient (Wildman–Crippen LogP) is 5.97. The summed E-state index contributed by atoms with van der Waals surface area (Å²) >= 11 is 0. The molecule has 154 valence electrons. The van der Waals surface area contributed by atoms with Gasteiger partial charge in [-0.15, -0.1) is 6.42 Å². The van der Waals surface area contributed by atoms with E-state index in [0.717, 1.165) is 5.69 Å². The lowest BCUT2D eigenvalue weighted by Gasteiger charge is -2.24. The molecule has 4 nitrogen and oxygen atoms in total. The number of nitrogens with one attached hydrogen (secondary N) is 1. The minimum atomic E-state index is -0.532. The Morgan fingerprint density at radius 2 is 1.59 bits per heavy atom. The molecule has 1 N–H and O–H groups in total. The predicted molar refractivity (Wildman–Crippen MR) is 121 cm³/mol. The smallest absolute Gasteiger partial charge is 0.412 e. The molecule has 0 fully saturated rings. The molecule has 29 heavy (non-hydrogen) atoms. The van der Waals surface area contributed by atoms with Crippen LogP contribution in [0.25, 0.3) is 0 Å². The third-order valence-corrected chi connectivity index (χ3v) is 4.35. The maximum atomic E-state index is 11.9. The minimum Gasteiger partial charge on any atom is -0.444 e. The molecule has 0 heterocycles. The summed E-state index contributed by atoms with van der Waals surface area (Å²) in [6.45, 7) is 13.3. The highest BCUT2D eigenvalue weighted by molar-refractivity contribution is 5.85. The van der Waals surface area contributed by atoms with Crippen LogP contribution in [0.3, 0.4) is 0 Å². The number of amides is 1. The Morgan fingerprint density at radius 3 is 2.07 bits per heavy atom. The zero-order valence-electron chi connectivity index (χ0n) is 18.4. The fourth-order valence-electron chi connectivity index (χ4n) is 2.86. The van der Waals surface area contributed by atoms with Crippen molar-refractivity contribution in [2.45, 2.75) is 59.1 Å². The van der Waals surface area contributed by atoms with Gasteiger partial charge in [-0.3, -0.25) is 5.32 Å². The maximum Gasteiger partial charge on any atom is 0.412 e. The number of nitrogens with zero attached hydrogens (tertiary/aromatic N) is 1. The van der Waals surface area contributed by atoms with Gasteiger partial charge < -0.3 is 9.64 Å². The molecule has 2 aromatic rings. The molecule has 0 aliphatic carbocycles. The van der Waals surface area contributed by atoms with Gasteiger partial charge in [0, 0.05) is 17.9 Å². The standard InChI is InChI=1S/C25H32N2O2/c1-8-17-27(18-19-9-11-20(12-10-19)24(2,3)4)22-15-13-21(14-16-22)26-23(28)29-25(5,6)7/h1,9-16H,17-18H2,2-7H3,(H,26,28). The van der Waals surface area contributed by atoms with Crippen molar-refractivity contribution in [2.24, 2.45) is 0 Å². The summed E-state index contributed by atoms with van der Waals surface area (Å²) in [5, 5.41) is 2.75. The second-order valence-electron chi connectivity index (χ2n) is 9.18. The average Bonchev–Trinajstić information content (AvgIpc) is 2.60. The maximum absolute atomic E-state index is 11.9. The van der Waals surface area contributed by atoms with Crippen molar-refractivity contribution >= 4 is 17.5 Å². The molecular formula is C25H32N2O2. The number of benzene rings is 2. The van der Waals surface area contributed by atoms with Crippen LogP contribution in [0.1, 0.15) is 52.7 Å². The molecule has 0 unspecified atom stereocenters. The van der Waals surface area contributed by atoms with Gasteiger partial charge in [0.05, 0.1) is 6.54 Å². The summed E-state index contributed by atoms with van der Waals surface area (Å²) in [5.41, 5.74) is 3.78. The van der Waals surface area contributed by atoms with E-state index in [2.05, 4.69) is 61.2 Å². The van der Waals surface area contributed by atoms with Crippen molar-refractivity contribution in [3.05, 3.63) is 59.7 Å². The van der Waals surface area contributed by atoms with E-state index < -0.39 is 11.7 Å². The number of carbonyl (C=O) groups is 1. The first kappa shape index (κ1) is 22.4. The molecule has 0 spiro atoms. The van der Waals surface area contributed by atoms with Gasteiger partial charge in [0.25, 0.3) is 0 Å². The molecule has 2 rings (SSSR count). The summed E-state index contributed by atoms with van der Waals surface area (Å²) in [4.78, 5) is 14.0. The molecule has 0 atom stereocenters. The average molecular weight is 393 g/mol. The number of anilines is 2. The minimum absolute atomic E-state index is 0.133. The van der Waals surface area contributed by atoms with Crippen LogP contribution in [0.5, 0.6) is 0 Å². The SMILES string of the molecule is C#CCN(Cc1ccc(C(C)(C)C)cc1)c1ccc(NC(=O)OC(C)(C)C)cc1. The van der Waals surface area contributed by atoms with E-state index in [0.29, 0.717) is 18.8 Å². The largest absolute Gasteiger partial charge is 0.444 e. The number of terminal acetylenes is 1. The number of ether oxygens (including phenoxy) is 1. The molecule has 0 radical (unpaired) electrons. The van der Waals surface area contributed by atoms with Crippen LogP contribution in [-0.4, -0.2) is 18.2 Å². The quantitative estimate of drug-likeness (QED) is 0.637. The van der Waals surface area contributed by atoms with Crippen molar-refractivity contribution in [3.8, 4) is 12.3 Å². The highest BCUT2D eigenvalue weighted by Crippen LogP contribution is 2.24. The van der Waals surface area contributed by atoms with Gasteiger partial charge in [-0.25, -0.2) is 4.79 Å². The van der Waals surface area contributed by atoms with E-state index in [1.165, 1.54) is 11.1 Å². The lowest BCUT2D eigenvalue weighted by Crippen LogP contribution is -2.27. The van der Waals surface area contributed by atoms with Gasteiger partial charge in [-0.2, -0.15) is 0 Å². The van der Waals surface area contributed by atoms with Crippen molar-refractivity contribution < 1.29 is 9.53 Å². The lowest BCUT2D eigenvalue weighted by atomic mass is 9.87. The Kier molecular flexibility index (Phi) is 6.97. The van der Waals surface area contributed by atoms with E-state index in [9.17, 15) is 4.79 Å². The molecule has 0 saturated carbocycles. The van der Waals surface area contributed by atoms with Gasteiger partial charge in [0.15, 0.2) is 0 Å². The Balaban J connectivity index is 2.09. The Morgan fingerprint density at radius 1 is 1.00 bits per heavy atom. The fraction of sp³-hybridized carbons (Fsp3) is 0.400. The number of hydrogen-bond donors (Lipinski definition) is 1. The van der Waals surface area contributed by atoms with E-state index in [-0.39, 0.29) is 5.41 Å². The number of hydrogen-bond acceptors (Lipinski definition) is 3. The van der Waals surface area contributed by atoms with Gasteiger partial charge in [-0.05, 0) is 61.6 Å². The number of carbonyl (C=O) groups excluding carboxylic acids is 1. The molecule has 4 heteroatoms. The Hall–Kier alpha value is -2.93. The third-order valence-electron chi connectivity index (χ3n) is 4.35. The molecule has 0 aliphatic heterocycles. The molecule has 0 aliphatic rings. The van der Waals surface area contributed by atoms with Crippen LogP contribution in [0.4, 0.5) is 16.2 Å². The van der Waals surface area contributed by atoms with Crippen molar-refractivity contribution in [3.63, 3.8) is 0 Å². The van der Waals surface area contributed by atoms with Crippen LogP contribution in [-0.2, 0) is 16.7 Å². The molecular weight excluding hydrogens is 360 g/mol. The zero-order chi connectivity index (χ0) is 21.7. The Labute approximate surface area is 175 Å². The molecule has 0 saturated heterocycles. The van der Waals surface area contributed by atoms with Gasteiger partial charge in [-0.1, -0.05) is 51.0 Å². The van der Waals surface area contributed by atoms with Crippen LogP contribution in [0.15, 0.2) is 48.5 Å². The van der Waals surface area contributed by atoms with Crippen LogP contribution in [0.2, 0.25) is 0 Å². The highest BCUT2D eigenvalue weighted by Gasteiger charge is 2.16. The first-order valence-electron chi connectivity index (χ1n) is 9.86. The van der Waals surface area contributed by atoms with E-state index in [1.807, 2.05) is 45.0 Å². The molecule has 2 aromatic carbocycles. The topological polar surface area (TPSA) is 41.6 Å². The third kappa shape index (κ3) is 7.19. The summed E-state index contributed by atoms with van der Waals surface area (Å²) < 4.78 is 5.28. The van der Waals surface area contributed by atoms with Crippen molar-refractivity contribution in [2.75, 3.05) is 16.8 Å². The highest BCUT2D eigenvalue weighted by atomic mass is 16.6. The monoisotopic (exact) mass is 392 g/mol. The summed E-state index contributed by atoms with van der Waals surface area (Å²) in [6.07, 6.45) is 5.12. The van der Waals surface area contributed by atoms with E-state index in [1.54, 1.807) is 0 Å². The van der Waals surface area contributed by atoms with Crippen LogP contribution >= 0.6 is 0 Å². The first-order chi connectivity index (χ1) is 13.5. The summed E-state index contributed by atoms with van der Waals surface area (Å²) in [5.74, 6) is 2.73. The molecule has 0 bridgehead atoms. The summed E-state index contributed by atoms with van der Waals surface area (Å²) in [7, 11) is 0. The fourth-order valence-corrected chi connectivity index (χ4v) is 2.86. The van der Waals surface area contributed by atoms with Gasteiger partial charge in [0.2, 0.25) is 0 Å². The van der Waals surface area contributed by atoms with Gasteiger partial charge >= 0.3 is 6.09 Å².